The molecular weight excluding hydrogens is 458 g/mol. The highest BCUT2D eigenvalue weighted by atomic mass is 32.1. The van der Waals surface area contributed by atoms with Crippen LogP contribution in [0.3, 0.4) is 0 Å². The lowest BCUT2D eigenvalue weighted by Gasteiger charge is -2.10. The SMILES string of the molecule is c1ccc(-c2ccc3c(n2)c2ccc4sc5ccccc5c4c2n3-c2cnc3ccccc3c2)cc1. The Balaban J connectivity index is 1.56. The molecule has 0 atom stereocenters. The molecule has 0 bridgehead atoms. The van der Waals surface area contributed by atoms with Crippen LogP contribution in [0, 0.1) is 0 Å². The number of nitrogens with zero attached hydrogens (tertiary/aromatic N) is 3. The second kappa shape index (κ2) is 7.48. The molecule has 0 aliphatic carbocycles. The maximum absolute atomic E-state index is 5.22. The summed E-state index contributed by atoms with van der Waals surface area (Å²) in [4.78, 5) is 10.0. The molecule has 168 valence electrons. The van der Waals surface area contributed by atoms with E-state index in [1.54, 1.807) is 0 Å². The summed E-state index contributed by atoms with van der Waals surface area (Å²) in [6.07, 6.45) is 1.99. The topological polar surface area (TPSA) is 30.7 Å². The van der Waals surface area contributed by atoms with Gasteiger partial charge in [0.15, 0.2) is 0 Å². The molecule has 36 heavy (non-hydrogen) atoms. The van der Waals surface area contributed by atoms with Crippen molar-refractivity contribution in [2.24, 2.45) is 0 Å². The molecule has 0 unspecified atom stereocenters. The molecule has 4 aromatic carbocycles. The van der Waals surface area contributed by atoms with Gasteiger partial charge in [-0.2, -0.15) is 0 Å². The number of fused-ring (bicyclic) bond motifs is 8. The fourth-order valence-electron chi connectivity index (χ4n) is 5.39. The van der Waals surface area contributed by atoms with E-state index in [0.717, 1.165) is 44.3 Å². The smallest absolute Gasteiger partial charge is 0.0971 e. The van der Waals surface area contributed by atoms with Crippen molar-refractivity contribution in [3.05, 3.63) is 115 Å². The number of hydrogen-bond acceptors (Lipinski definition) is 3. The lowest BCUT2D eigenvalue weighted by molar-refractivity contribution is 1.16. The lowest BCUT2D eigenvalue weighted by atomic mass is 10.1. The predicted molar refractivity (Wildman–Crippen MR) is 152 cm³/mol. The summed E-state index contributed by atoms with van der Waals surface area (Å²) in [5.41, 5.74) is 7.43. The van der Waals surface area contributed by atoms with Gasteiger partial charge >= 0.3 is 0 Å². The van der Waals surface area contributed by atoms with E-state index in [0.29, 0.717) is 0 Å². The van der Waals surface area contributed by atoms with Crippen LogP contribution in [0.25, 0.3) is 70.0 Å². The van der Waals surface area contributed by atoms with Crippen molar-refractivity contribution in [3.8, 4) is 16.9 Å². The third-order valence-corrected chi connectivity index (χ3v) is 8.15. The molecule has 0 radical (unpaired) electrons. The van der Waals surface area contributed by atoms with Crippen molar-refractivity contribution in [2.45, 2.75) is 0 Å². The van der Waals surface area contributed by atoms with Crippen molar-refractivity contribution in [1.82, 2.24) is 14.5 Å². The third-order valence-electron chi connectivity index (χ3n) is 7.01. The average Bonchev–Trinajstić information content (AvgIpc) is 3.48. The molecule has 0 fully saturated rings. The van der Waals surface area contributed by atoms with Crippen molar-refractivity contribution < 1.29 is 0 Å². The summed E-state index contributed by atoms with van der Waals surface area (Å²) in [5.74, 6) is 0. The fraction of sp³-hybridized carbons (Fsp3) is 0. The third kappa shape index (κ3) is 2.79. The zero-order chi connectivity index (χ0) is 23.6. The van der Waals surface area contributed by atoms with Crippen molar-refractivity contribution in [2.75, 3.05) is 0 Å². The summed E-state index contributed by atoms with van der Waals surface area (Å²) in [5, 5.41) is 4.85. The van der Waals surface area contributed by atoms with Gasteiger partial charge in [-0.3, -0.25) is 4.98 Å². The van der Waals surface area contributed by atoms with Gasteiger partial charge in [-0.15, -0.1) is 11.3 Å². The Hall–Kier alpha value is -4.54. The van der Waals surface area contributed by atoms with Crippen LogP contribution in [-0.2, 0) is 0 Å². The highest BCUT2D eigenvalue weighted by molar-refractivity contribution is 7.26. The van der Waals surface area contributed by atoms with E-state index >= 15 is 0 Å². The first kappa shape index (κ1) is 19.7. The first-order valence-corrected chi connectivity index (χ1v) is 12.8. The average molecular weight is 478 g/mol. The zero-order valence-electron chi connectivity index (χ0n) is 19.2. The van der Waals surface area contributed by atoms with Gasteiger partial charge < -0.3 is 4.57 Å². The summed E-state index contributed by atoms with van der Waals surface area (Å²) >= 11 is 1.84. The van der Waals surface area contributed by atoms with Crippen LogP contribution in [0.5, 0.6) is 0 Å². The number of rotatable bonds is 2. The lowest BCUT2D eigenvalue weighted by Crippen LogP contribution is -1.96. The molecule has 8 rings (SSSR count). The number of para-hydroxylation sites is 1. The Morgan fingerprint density at radius 3 is 2.44 bits per heavy atom. The van der Waals surface area contributed by atoms with E-state index in [4.69, 9.17) is 9.97 Å². The standard InChI is InChI=1S/C32H19N3S/c1-2-8-20(9-3-1)26-15-16-27-31(34-26)24-14-17-29-30(23-11-5-7-13-28(23)36-29)32(24)35(27)22-18-21-10-4-6-12-25(21)33-19-22/h1-19H. The quantitative estimate of drug-likeness (QED) is 0.249. The van der Waals surface area contributed by atoms with Crippen LogP contribution >= 0.6 is 11.3 Å². The molecule has 0 saturated carbocycles. The number of thiophene rings is 1. The summed E-state index contributed by atoms with van der Waals surface area (Å²) in [6.45, 7) is 0. The first-order valence-electron chi connectivity index (χ1n) is 12.0. The van der Waals surface area contributed by atoms with E-state index in [-0.39, 0.29) is 0 Å². The van der Waals surface area contributed by atoms with Crippen LogP contribution in [0.15, 0.2) is 115 Å². The molecule has 4 aromatic heterocycles. The minimum Gasteiger partial charge on any atom is -0.305 e. The van der Waals surface area contributed by atoms with E-state index in [1.165, 1.54) is 25.7 Å². The Labute approximate surface area is 210 Å². The van der Waals surface area contributed by atoms with Crippen LogP contribution in [0.1, 0.15) is 0 Å². The van der Waals surface area contributed by atoms with Crippen molar-refractivity contribution in [1.29, 1.82) is 0 Å². The van der Waals surface area contributed by atoms with Crippen molar-refractivity contribution in [3.63, 3.8) is 0 Å². The summed E-state index contributed by atoms with van der Waals surface area (Å²) in [7, 11) is 0. The molecule has 0 spiro atoms. The Kier molecular flexibility index (Phi) is 4.10. The van der Waals surface area contributed by atoms with Crippen LogP contribution in [-0.4, -0.2) is 14.5 Å². The molecule has 0 amide bonds. The Morgan fingerprint density at radius 2 is 1.50 bits per heavy atom. The van der Waals surface area contributed by atoms with Gasteiger partial charge in [0, 0.05) is 36.5 Å². The van der Waals surface area contributed by atoms with Gasteiger partial charge in [0.05, 0.1) is 39.6 Å². The van der Waals surface area contributed by atoms with Gasteiger partial charge in [-0.25, -0.2) is 4.98 Å². The van der Waals surface area contributed by atoms with Gasteiger partial charge in [0.1, 0.15) is 0 Å². The molecule has 0 saturated heterocycles. The zero-order valence-corrected chi connectivity index (χ0v) is 20.0. The van der Waals surface area contributed by atoms with Gasteiger partial charge in [0.25, 0.3) is 0 Å². The van der Waals surface area contributed by atoms with Gasteiger partial charge in [-0.05, 0) is 42.5 Å². The largest absolute Gasteiger partial charge is 0.305 e. The monoisotopic (exact) mass is 477 g/mol. The van der Waals surface area contributed by atoms with E-state index < -0.39 is 0 Å². The Morgan fingerprint density at radius 1 is 0.667 bits per heavy atom. The normalized spacial score (nSPS) is 11.9. The fourth-order valence-corrected chi connectivity index (χ4v) is 6.50. The molecule has 4 heterocycles. The first-order chi connectivity index (χ1) is 17.8. The second-order valence-electron chi connectivity index (χ2n) is 9.08. The molecule has 0 aliphatic heterocycles. The van der Waals surface area contributed by atoms with Crippen LogP contribution in [0.2, 0.25) is 0 Å². The Bertz CT molecular complexity index is 2100. The summed E-state index contributed by atoms with van der Waals surface area (Å²) < 4.78 is 4.93. The maximum atomic E-state index is 5.22. The minimum atomic E-state index is 0.981. The summed E-state index contributed by atoms with van der Waals surface area (Å²) in [6, 6.07) is 38.4. The van der Waals surface area contributed by atoms with E-state index in [9.17, 15) is 0 Å². The van der Waals surface area contributed by atoms with Crippen molar-refractivity contribution >= 4 is 64.3 Å². The van der Waals surface area contributed by atoms with E-state index in [1.807, 2.05) is 29.7 Å². The second-order valence-corrected chi connectivity index (χ2v) is 10.2. The molecule has 0 aliphatic rings. The van der Waals surface area contributed by atoms with Gasteiger partial charge in [-0.1, -0.05) is 66.7 Å². The highest BCUT2D eigenvalue weighted by Crippen LogP contribution is 2.43. The molecular formula is C32H19N3S. The number of benzene rings is 4. The van der Waals surface area contributed by atoms with Crippen LogP contribution < -0.4 is 0 Å². The van der Waals surface area contributed by atoms with E-state index in [2.05, 4.69) is 102 Å². The number of hydrogen-bond donors (Lipinski definition) is 0. The highest BCUT2D eigenvalue weighted by Gasteiger charge is 2.20. The van der Waals surface area contributed by atoms with Crippen LogP contribution in [0.4, 0.5) is 0 Å². The molecule has 0 N–H and O–H groups in total. The van der Waals surface area contributed by atoms with Gasteiger partial charge in [0.2, 0.25) is 0 Å². The minimum absolute atomic E-state index is 0.981. The molecule has 4 heteroatoms. The maximum Gasteiger partial charge on any atom is 0.0971 e. The molecule has 3 nitrogen and oxygen atoms in total. The molecule has 8 aromatic rings. The number of aromatic nitrogens is 3. The number of pyridine rings is 2. The predicted octanol–water partition coefficient (Wildman–Crippen LogP) is 8.76.